The molecule has 0 saturated carbocycles. The molecule has 32 heavy (non-hydrogen) atoms. The van der Waals surface area contributed by atoms with Crippen LogP contribution in [0.3, 0.4) is 0 Å². The highest BCUT2D eigenvalue weighted by atomic mass is 32.2. The van der Waals surface area contributed by atoms with Crippen molar-refractivity contribution in [1.29, 1.82) is 0 Å². The molecule has 0 bridgehead atoms. The highest BCUT2D eigenvalue weighted by Gasteiger charge is 2.69. The van der Waals surface area contributed by atoms with Crippen LogP contribution in [0, 0.1) is 0 Å². The van der Waals surface area contributed by atoms with E-state index in [9.17, 15) is 32.1 Å². The Balaban J connectivity index is 1.66. The molecular weight excluding hydrogens is 446 g/mol. The minimum Gasteiger partial charge on any atom is -0.465 e. The van der Waals surface area contributed by atoms with Crippen molar-refractivity contribution in [3.63, 3.8) is 0 Å². The fourth-order valence-electron chi connectivity index (χ4n) is 4.37. The quantitative estimate of drug-likeness (QED) is 0.193. The topological polar surface area (TPSA) is 167 Å². The second kappa shape index (κ2) is 9.22. The van der Waals surface area contributed by atoms with Crippen LogP contribution in [0.4, 0.5) is 4.79 Å². The summed E-state index contributed by atoms with van der Waals surface area (Å²) in [4.78, 5) is 48.5. The number of fused-ring (bicyclic) bond motifs is 1. The van der Waals surface area contributed by atoms with Gasteiger partial charge in [-0.05, 0) is 5.56 Å². The Morgan fingerprint density at radius 1 is 1.19 bits per heavy atom. The Morgan fingerprint density at radius 3 is 2.50 bits per heavy atom. The van der Waals surface area contributed by atoms with E-state index >= 15 is 0 Å². The SMILES string of the molecule is O=C(O)NCC[N+]1(C(=O)CCC(=O)OCc2ccccc2)CC[C@@H]2[C@H]1C(=O)N2S(=O)(=O)O. The Morgan fingerprint density at radius 2 is 1.88 bits per heavy atom. The molecule has 2 fully saturated rings. The highest BCUT2D eigenvalue weighted by Crippen LogP contribution is 2.41. The first-order chi connectivity index (χ1) is 15.1. The number of carboxylic acid groups (broad SMARTS) is 1. The zero-order valence-electron chi connectivity index (χ0n) is 17.0. The number of β-lactam (4-membered cyclic amide) rings is 1. The third kappa shape index (κ3) is 4.74. The molecule has 0 aromatic heterocycles. The standard InChI is InChI=1S/C19H23N3O9S/c23-15(6-7-16(24)31-12-13-4-2-1-3-5-13)22(11-9-20-19(26)27)10-8-14-17(22)18(25)21(14)32(28,29)30/h1-5,14,17,20H,6-12H2,(H-,26,27,28,29,30)/p+1/t14-,17+,22?/m1/s1. The molecule has 3 N–H and O–H groups in total. The lowest BCUT2D eigenvalue weighted by molar-refractivity contribution is -0.860. The Labute approximate surface area is 184 Å². The second-order valence-corrected chi connectivity index (χ2v) is 8.96. The van der Waals surface area contributed by atoms with Crippen molar-refractivity contribution in [2.45, 2.75) is 38.0 Å². The van der Waals surface area contributed by atoms with Crippen LogP contribution in [0.15, 0.2) is 30.3 Å². The lowest BCUT2D eigenvalue weighted by Gasteiger charge is -2.46. The lowest BCUT2D eigenvalue weighted by atomic mass is 9.98. The molecule has 2 aliphatic heterocycles. The summed E-state index contributed by atoms with van der Waals surface area (Å²) in [7, 11) is -4.76. The maximum Gasteiger partial charge on any atom is 0.404 e. The molecule has 0 spiro atoms. The number of amides is 3. The first kappa shape index (κ1) is 23.6. The second-order valence-electron chi connectivity index (χ2n) is 7.67. The number of benzene rings is 1. The molecule has 0 aliphatic carbocycles. The predicted octanol–water partition coefficient (Wildman–Crippen LogP) is -0.0931. The van der Waals surface area contributed by atoms with Gasteiger partial charge in [-0.15, -0.1) is 0 Å². The van der Waals surface area contributed by atoms with Gasteiger partial charge >= 0.3 is 28.3 Å². The number of quaternary nitrogens is 1. The molecule has 1 unspecified atom stereocenters. The van der Waals surface area contributed by atoms with Gasteiger partial charge in [-0.3, -0.25) is 14.1 Å². The molecule has 174 valence electrons. The molecule has 2 heterocycles. The van der Waals surface area contributed by atoms with Crippen molar-refractivity contribution in [3.8, 4) is 0 Å². The number of hydrogen-bond donors (Lipinski definition) is 3. The number of carbonyl (C=O) groups excluding carboxylic acids is 3. The summed E-state index contributed by atoms with van der Waals surface area (Å²) in [5.74, 6) is -2.03. The van der Waals surface area contributed by atoms with Crippen LogP contribution in [0.25, 0.3) is 0 Å². The van der Waals surface area contributed by atoms with Gasteiger partial charge < -0.3 is 15.2 Å². The number of nitrogens with one attached hydrogen (secondary N) is 1. The van der Waals surface area contributed by atoms with Crippen molar-refractivity contribution >= 4 is 34.2 Å². The van der Waals surface area contributed by atoms with Gasteiger partial charge in [0.15, 0.2) is 6.04 Å². The largest absolute Gasteiger partial charge is 0.465 e. The van der Waals surface area contributed by atoms with E-state index in [1.807, 2.05) is 6.07 Å². The van der Waals surface area contributed by atoms with E-state index in [-0.39, 0.29) is 45.5 Å². The van der Waals surface area contributed by atoms with Crippen LogP contribution in [-0.4, -0.2) is 82.5 Å². The molecule has 12 nitrogen and oxygen atoms in total. The maximum absolute atomic E-state index is 13.1. The van der Waals surface area contributed by atoms with Gasteiger partial charge in [0.2, 0.25) is 0 Å². The molecule has 1 aromatic rings. The van der Waals surface area contributed by atoms with E-state index in [1.54, 1.807) is 24.3 Å². The summed E-state index contributed by atoms with van der Waals surface area (Å²) in [5.41, 5.74) is 0.781. The number of carbonyl (C=O) groups is 4. The van der Waals surface area contributed by atoms with Crippen molar-refractivity contribution in [1.82, 2.24) is 9.62 Å². The normalized spacial score (nSPS) is 24.4. The number of likely N-dealkylation sites (tertiary alicyclic amines) is 1. The van der Waals surface area contributed by atoms with E-state index in [2.05, 4.69) is 5.32 Å². The molecule has 3 atom stereocenters. The van der Waals surface area contributed by atoms with E-state index < -0.39 is 50.7 Å². The van der Waals surface area contributed by atoms with Crippen LogP contribution >= 0.6 is 0 Å². The minimum atomic E-state index is -4.76. The van der Waals surface area contributed by atoms with E-state index in [1.165, 1.54) is 0 Å². The van der Waals surface area contributed by atoms with Crippen molar-refractivity contribution in [2.24, 2.45) is 0 Å². The van der Waals surface area contributed by atoms with Gasteiger partial charge in [0.1, 0.15) is 19.2 Å². The zero-order valence-corrected chi connectivity index (χ0v) is 17.9. The number of ether oxygens (including phenoxy) is 1. The van der Waals surface area contributed by atoms with Crippen molar-refractivity contribution in [2.75, 3.05) is 19.6 Å². The smallest absolute Gasteiger partial charge is 0.404 e. The Hall–Kier alpha value is -3.03. The van der Waals surface area contributed by atoms with Crippen LogP contribution < -0.4 is 5.32 Å². The number of hydrogen-bond acceptors (Lipinski definition) is 7. The molecule has 3 amide bonds. The van der Waals surface area contributed by atoms with Gasteiger partial charge in [0, 0.05) is 6.42 Å². The summed E-state index contributed by atoms with van der Waals surface area (Å²) in [5, 5.41) is 11.0. The summed E-state index contributed by atoms with van der Waals surface area (Å²) >= 11 is 0. The van der Waals surface area contributed by atoms with Gasteiger partial charge in [0.25, 0.3) is 5.91 Å². The predicted molar refractivity (Wildman–Crippen MR) is 107 cm³/mol. The average molecular weight is 470 g/mol. The lowest BCUT2D eigenvalue weighted by Crippen LogP contribution is -2.75. The summed E-state index contributed by atoms with van der Waals surface area (Å²) in [6, 6.07) is 7.02. The monoisotopic (exact) mass is 470 g/mol. The Bertz CT molecular complexity index is 1010. The number of rotatable bonds is 9. The minimum absolute atomic E-state index is 0.0445. The van der Waals surface area contributed by atoms with Gasteiger partial charge in [-0.1, -0.05) is 30.3 Å². The Kier molecular flexibility index (Phi) is 6.81. The molecule has 0 radical (unpaired) electrons. The number of esters is 1. The maximum atomic E-state index is 13.1. The van der Waals surface area contributed by atoms with Crippen LogP contribution in [0.1, 0.15) is 24.8 Å². The highest BCUT2D eigenvalue weighted by molar-refractivity contribution is 7.84. The molecule has 1 aromatic carbocycles. The van der Waals surface area contributed by atoms with Crippen LogP contribution in [0.2, 0.25) is 0 Å². The first-order valence-corrected chi connectivity index (χ1v) is 11.3. The summed E-state index contributed by atoms with van der Waals surface area (Å²) in [6.07, 6.45) is -1.68. The zero-order chi connectivity index (χ0) is 23.5. The molecular formula is C19H24N3O9S+. The third-order valence-electron chi connectivity index (χ3n) is 5.81. The first-order valence-electron chi connectivity index (χ1n) is 9.93. The van der Waals surface area contributed by atoms with Crippen molar-refractivity contribution in [3.05, 3.63) is 35.9 Å². The van der Waals surface area contributed by atoms with Gasteiger partial charge in [-0.2, -0.15) is 8.42 Å². The van der Waals surface area contributed by atoms with E-state index in [0.717, 1.165) is 5.56 Å². The van der Waals surface area contributed by atoms with Crippen LogP contribution in [-0.2, 0) is 36.0 Å². The van der Waals surface area contributed by atoms with E-state index in [4.69, 9.17) is 9.84 Å². The number of nitrogens with zero attached hydrogens (tertiary/aromatic N) is 2. The molecule has 3 rings (SSSR count). The van der Waals surface area contributed by atoms with Gasteiger partial charge in [0.05, 0.1) is 25.9 Å². The fourth-order valence-corrected chi connectivity index (χ4v) is 5.26. The fraction of sp³-hybridized carbons (Fsp3) is 0.474. The average Bonchev–Trinajstić information content (AvgIpc) is 3.04. The van der Waals surface area contributed by atoms with Crippen molar-refractivity contribution < 1.29 is 46.5 Å². The molecule has 2 aliphatic rings. The molecule has 13 heteroatoms. The van der Waals surface area contributed by atoms with Gasteiger partial charge in [-0.25, -0.2) is 18.4 Å². The summed E-state index contributed by atoms with van der Waals surface area (Å²) < 4.78 is 37.2. The summed E-state index contributed by atoms with van der Waals surface area (Å²) in [6.45, 7) is -0.118. The van der Waals surface area contributed by atoms with E-state index in [0.29, 0.717) is 4.31 Å². The van der Waals surface area contributed by atoms with Crippen LogP contribution in [0.5, 0.6) is 0 Å². The third-order valence-corrected chi connectivity index (χ3v) is 6.76. The molecule has 2 saturated heterocycles.